The molecule has 7 nitrogen and oxygen atoms in total. The van der Waals surface area contributed by atoms with Crippen molar-refractivity contribution in [2.75, 3.05) is 5.32 Å². The van der Waals surface area contributed by atoms with Crippen LogP contribution in [0.3, 0.4) is 0 Å². The average molecular weight is 408 g/mol. The fourth-order valence-corrected chi connectivity index (χ4v) is 3.70. The fraction of sp³-hybridized carbons (Fsp3) is 0.143. The summed E-state index contributed by atoms with van der Waals surface area (Å²) in [5.41, 5.74) is 6.30. The number of hydrogen-bond donors (Lipinski definition) is 2. The van der Waals surface area contributed by atoms with Crippen LogP contribution in [0.1, 0.15) is 17.3 Å². The second-order valence-corrected chi connectivity index (χ2v) is 7.58. The van der Waals surface area contributed by atoms with E-state index in [1.165, 1.54) is 4.57 Å². The van der Waals surface area contributed by atoms with Crippen LogP contribution in [0.2, 0.25) is 0 Å². The van der Waals surface area contributed by atoms with Gasteiger partial charge in [0.05, 0.1) is 27.4 Å². The van der Waals surface area contributed by atoms with Crippen molar-refractivity contribution in [3.8, 4) is 0 Å². The summed E-state index contributed by atoms with van der Waals surface area (Å²) in [4.78, 5) is 41.6. The SMILES string of the molecule is C=CCn1c(S[C@H](C)C(=O)Nc2ccccc2C(N)=O)nc2ccccc2c1=O. The summed E-state index contributed by atoms with van der Waals surface area (Å²) in [5.74, 6) is -0.964. The Labute approximate surface area is 171 Å². The van der Waals surface area contributed by atoms with Crippen LogP contribution >= 0.6 is 11.8 Å². The van der Waals surface area contributed by atoms with Crippen LogP contribution < -0.4 is 16.6 Å². The number of rotatable bonds is 7. The molecule has 3 N–H and O–H groups in total. The van der Waals surface area contributed by atoms with Crippen LogP contribution in [0.25, 0.3) is 10.9 Å². The Morgan fingerprint density at radius 3 is 2.66 bits per heavy atom. The predicted molar refractivity (Wildman–Crippen MR) is 115 cm³/mol. The first-order valence-corrected chi connectivity index (χ1v) is 9.77. The summed E-state index contributed by atoms with van der Waals surface area (Å²) >= 11 is 1.16. The molecule has 148 valence electrons. The van der Waals surface area contributed by atoms with Crippen molar-refractivity contribution >= 4 is 40.2 Å². The van der Waals surface area contributed by atoms with E-state index in [1.54, 1.807) is 61.5 Å². The highest BCUT2D eigenvalue weighted by Gasteiger charge is 2.20. The average Bonchev–Trinajstić information content (AvgIpc) is 2.71. The number of aromatic nitrogens is 2. The number of thioether (sulfide) groups is 1. The molecule has 0 spiro atoms. The highest BCUT2D eigenvalue weighted by molar-refractivity contribution is 8.00. The maximum Gasteiger partial charge on any atom is 0.262 e. The Hall–Kier alpha value is -3.39. The van der Waals surface area contributed by atoms with Crippen LogP contribution in [0, 0.1) is 0 Å². The van der Waals surface area contributed by atoms with Crippen LogP contribution in [0.15, 0.2) is 71.1 Å². The third-order valence-electron chi connectivity index (χ3n) is 4.24. The fourth-order valence-electron chi connectivity index (χ4n) is 2.78. The van der Waals surface area contributed by atoms with Crippen LogP contribution in [-0.2, 0) is 11.3 Å². The standard InChI is InChI=1S/C21H20N4O3S/c1-3-12-25-20(28)15-9-5-7-11-17(15)24-21(25)29-13(2)19(27)23-16-10-6-4-8-14(16)18(22)26/h3-11,13H,1,12H2,2H3,(H2,22,26)(H,23,27)/t13-/m1/s1. The predicted octanol–water partition coefficient (Wildman–Crippen LogP) is 2.80. The highest BCUT2D eigenvalue weighted by atomic mass is 32.2. The van der Waals surface area contributed by atoms with Gasteiger partial charge in [0.25, 0.3) is 11.5 Å². The molecular formula is C21H20N4O3S. The molecule has 2 aromatic carbocycles. The molecule has 0 saturated carbocycles. The Kier molecular flexibility index (Phi) is 6.13. The van der Waals surface area contributed by atoms with Gasteiger partial charge in [-0.25, -0.2) is 4.98 Å². The number of amides is 2. The Morgan fingerprint density at radius 1 is 1.24 bits per heavy atom. The zero-order valence-corrected chi connectivity index (χ0v) is 16.6. The smallest absolute Gasteiger partial charge is 0.262 e. The molecule has 3 rings (SSSR count). The molecule has 2 amide bonds. The molecule has 0 unspecified atom stereocenters. The van der Waals surface area contributed by atoms with Crippen molar-refractivity contribution in [1.29, 1.82) is 0 Å². The maximum atomic E-state index is 12.8. The molecule has 0 saturated heterocycles. The first-order valence-electron chi connectivity index (χ1n) is 8.89. The van der Waals surface area contributed by atoms with Gasteiger partial charge in [-0.1, -0.05) is 42.1 Å². The van der Waals surface area contributed by atoms with Gasteiger partial charge < -0.3 is 11.1 Å². The molecule has 0 bridgehead atoms. The number of nitrogens with one attached hydrogen (secondary N) is 1. The zero-order chi connectivity index (χ0) is 21.0. The van der Waals surface area contributed by atoms with E-state index in [0.717, 1.165) is 11.8 Å². The third-order valence-corrected chi connectivity index (χ3v) is 5.33. The minimum atomic E-state index is -0.628. The van der Waals surface area contributed by atoms with Crippen molar-refractivity contribution in [3.05, 3.63) is 77.1 Å². The first kappa shape index (κ1) is 20.3. The molecule has 1 heterocycles. The number of primary amides is 1. The molecular weight excluding hydrogens is 388 g/mol. The number of anilines is 1. The molecule has 3 aromatic rings. The number of fused-ring (bicyclic) bond motifs is 1. The number of allylic oxidation sites excluding steroid dienone is 1. The van der Waals surface area contributed by atoms with Gasteiger partial charge in [0, 0.05) is 6.54 Å². The lowest BCUT2D eigenvalue weighted by molar-refractivity contribution is -0.115. The van der Waals surface area contributed by atoms with E-state index in [1.807, 2.05) is 0 Å². The number of nitrogens with zero attached hydrogens (tertiary/aromatic N) is 2. The number of nitrogens with two attached hydrogens (primary N) is 1. The molecule has 0 radical (unpaired) electrons. The Morgan fingerprint density at radius 2 is 1.93 bits per heavy atom. The highest BCUT2D eigenvalue weighted by Crippen LogP contribution is 2.24. The van der Waals surface area contributed by atoms with Gasteiger partial charge >= 0.3 is 0 Å². The molecule has 8 heteroatoms. The summed E-state index contributed by atoms with van der Waals surface area (Å²) in [7, 11) is 0. The van der Waals surface area contributed by atoms with Gasteiger partial charge in [0.1, 0.15) is 0 Å². The topological polar surface area (TPSA) is 107 Å². The van der Waals surface area contributed by atoms with E-state index < -0.39 is 11.2 Å². The Bertz CT molecular complexity index is 1160. The number of carbonyl (C=O) groups excluding carboxylic acids is 2. The van der Waals surface area contributed by atoms with Crippen molar-refractivity contribution in [3.63, 3.8) is 0 Å². The van der Waals surface area contributed by atoms with Gasteiger partial charge in [-0.05, 0) is 31.2 Å². The molecule has 1 atom stereocenters. The van der Waals surface area contributed by atoms with Crippen molar-refractivity contribution in [1.82, 2.24) is 9.55 Å². The molecule has 0 aliphatic carbocycles. The number of para-hydroxylation sites is 2. The summed E-state index contributed by atoms with van der Waals surface area (Å²) in [6, 6.07) is 13.6. The summed E-state index contributed by atoms with van der Waals surface area (Å²) < 4.78 is 1.49. The second-order valence-electron chi connectivity index (χ2n) is 6.28. The van der Waals surface area contributed by atoms with E-state index in [2.05, 4.69) is 16.9 Å². The summed E-state index contributed by atoms with van der Waals surface area (Å²) in [5, 5.41) is 3.06. The lowest BCUT2D eigenvalue weighted by atomic mass is 10.1. The van der Waals surface area contributed by atoms with E-state index in [0.29, 0.717) is 21.7 Å². The summed E-state index contributed by atoms with van der Waals surface area (Å²) in [6.07, 6.45) is 1.61. The normalized spacial score (nSPS) is 11.8. The molecule has 0 aliphatic rings. The van der Waals surface area contributed by atoms with Crippen LogP contribution in [0.4, 0.5) is 5.69 Å². The minimum Gasteiger partial charge on any atom is -0.366 e. The molecule has 0 aliphatic heterocycles. The van der Waals surface area contributed by atoms with E-state index in [-0.39, 0.29) is 23.6 Å². The zero-order valence-electron chi connectivity index (χ0n) is 15.8. The minimum absolute atomic E-state index is 0.190. The van der Waals surface area contributed by atoms with E-state index in [9.17, 15) is 14.4 Å². The van der Waals surface area contributed by atoms with Gasteiger partial charge in [-0.3, -0.25) is 19.0 Å². The molecule has 1 aromatic heterocycles. The van der Waals surface area contributed by atoms with Gasteiger partial charge in [0.15, 0.2) is 5.16 Å². The number of benzene rings is 2. The summed E-state index contributed by atoms with van der Waals surface area (Å²) in [6.45, 7) is 5.67. The van der Waals surface area contributed by atoms with Crippen LogP contribution in [0.5, 0.6) is 0 Å². The van der Waals surface area contributed by atoms with Gasteiger partial charge in [0.2, 0.25) is 5.91 Å². The van der Waals surface area contributed by atoms with Gasteiger partial charge in [-0.15, -0.1) is 6.58 Å². The van der Waals surface area contributed by atoms with Crippen molar-refractivity contribution in [2.45, 2.75) is 23.9 Å². The number of hydrogen-bond acceptors (Lipinski definition) is 5. The number of carbonyl (C=O) groups is 2. The van der Waals surface area contributed by atoms with Gasteiger partial charge in [-0.2, -0.15) is 0 Å². The molecule has 29 heavy (non-hydrogen) atoms. The Balaban J connectivity index is 1.89. The lowest BCUT2D eigenvalue weighted by Crippen LogP contribution is -2.27. The third kappa shape index (κ3) is 4.38. The second kappa shape index (κ2) is 8.74. The van der Waals surface area contributed by atoms with Crippen molar-refractivity contribution in [2.24, 2.45) is 5.73 Å². The van der Waals surface area contributed by atoms with E-state index >= 15 is 0 Å². The monoisotopic (exact) mass is 408 g/mol. The largest absolute Gasteiger partial charge is 0.366 e. The van der Waals surface area contributed by atoms with E-state index in [4.69, 9.17) is 5.73 Å². The quantitative estimate of drug-likeness (QED) is 0.355. The molecule has 0 fully saturated rings. The first-order chi connectivity index (χ1) is 13.9. The van der Waals surface area contributed by atoms with Crippen LogP contribution in [-0.4, -0.2) is 26.6 Å². The van der Waals surface area contributed by atoms with Crippen molar-refractivity contribution < 1.29 is 9.59 Å². The lowest BCUT2D eigenvalue weighted by Gasteiger charge is -2.16. The maximum absolute atomic E-state index is 12.8.